The summed E-state index contributed by atoms with van der Waals surface area (Å²) in [4.78, 5) is 26.5. The molecule has 27 heavy (non-hydrogen) atoms. The number of aromatic nitrogens is 1. The number of carbonyl (C=O) groups is 2. The van der Waals surface area contributed by atoms with Crippen LogP contribution in [0.2, 0.25) is 0 Å². The predicted molar refractivity (Wildman–Crippen MR) is 105 cm³/mol. The molecule has 2 N–H and O–H groups in total. The number of rotatable bonds is 6. The van der Waals surface area contributed by atoms with Crippen molar-refractivity contribution >= 4 is 39.8 Å². The lowest BCUT2D eigenvalue weighted by Crippen LogP contribution is -2.36. The van der Waals surface area contributed by atoms with Gasteiger partial charge in [0.25, 0.3) is 5.91 Å². The van der Waals surface area contributed by atoms with E-state index < -0.39 is 11.9 Å². The number of hydrogen-bond acceptors (Lipinski definition) is 8. The van der Waals surface area contributed by atoms with Crippen molar-refractivity contribution in [3.63, 3.8) is 0 Å². The van der Waals surface area contributed by atoms with Crippen LogP contribution < -0.4 is 15.5 Å². The molecule has 1 saturated heterocycles. The number of aryl methyl sites for hydroxylation is 1. The number of benzene rings is 1. The Bertz CT molecular complexity index is 800. The molecule has 3 rings (SSSR count). The van der Waals surface area contributed by atoms with Crippen molar-refractivity contribution < 1.29 is 19.1 Å². The van der Waals surface area contributed by atoms with Crippen LogP contribution in [-0.2, 0) is 14.3 Å². The molecule has 1 aliphatic heterocycles. The maximum absolute atomic E-state index is 12.2. The van der Waals surface area contributed by atoms with Gasteiger partial charge in [-0.1, -0.05) is 0 Å². The Morgan fingerprint density at radius 3 is 2.63 bits per heavy atom. The molecule has 0 bridgehead atoms. The molecule has 0 spiro atoms. The first-order chi connectivity index (χ1) is 13.1. The lowest BCUT2D eigenvalue weighted by Gasteiger charge is -2.28. The molecule has 0 unspecified atom stereocenters. The maximum atomic E-state index is 12.2. The topological polar surface area (TPSA) is 92.8 Å². The van der Waals surface area contributed by atoms with Crippen molar-refractivity contribution in [2.24, 2.45) is 0 Å². The molecule has 0 radical (unpaired) electrons. The van der Waals surface area contributed by atoms with E-state index in [1.165, 1.54) is 11.5 Å². The van der Waals surface area contributed by atoms with Gasteiger partial charge in [0.2, 0.25) is 0 Å². The minimum Gasteiger partial charge on any atom is -0.452 e. The normalized spacial score (nSPS) is 13.9. The van der Waals surface area contributed by atoms with Gasteiger partial charge in [0.05, 0.1) is 18.9 Å². The van der Waals surface area contributed by atoms with Gasteiger partial charge in [0.15, 0.2) is 6.61 Å². The summed E-state index contributed by atoms with van der Waals surface area (Å²) in [7, 11) is 1.71. The van der Waals surface area contributed by atoms with Gasteiger partial charge in [-0.15, -0.1) is 0 Å². The second-order valence-corrected chi connectivity index (χ2v) is 6.77. The lowest BCUT2D eigenvalue weighted by atomic mass is 10.2. The molecule has 0 atom stereocenters. The Hall–Kier alpha value is -2.65. The summed E-state index contributed by atoms with van der Waals surface area (Å²) in [5.74, 6) is -0.960. The van der Waals surface area contributed by atoms with Crippen LogP contribution in [0.3, 0.4) is 0 Å². The Morgan fingerprint density at radius 1 is 1.26 bits per heavy atom. The average molecular weight is 390 g/mol. The van der Waals surface area contributed by atoms with E-state index in [9.17, 15) is 9.59 Å². The fraction of sp³-hybridized carbons (Fsp3) is 0.389. The lowest BCUT2D eigenvalue weighted by molar-refractivity contribution is -0.119. The van der Waals surface area contributed by atoms with Crippen LogP contribution in [0.25, 0.3) is 0 Å². The number of morpholine rings is 1. The maximum Gasteiger partial charge on any atom is 0.343 e. The molecule has 1 aromatic heterocycles. The van der Waals surface area contributed by atoms with Crippen LogP contribution in [0, 0.1) is 6.92 Å². The van der Waals surface area contributed by atoms with Crippen LogP contribution in [-0.4, -0.2) is 56.2 Å². The summed E-state index contributed by atoms with van der Waals surface area (Å²) in [5, 5.41) is 6.25. The quantitative estimate of drug-likeness (QED) is 0.730. The van der Waals surface area contributed by atoms with Gasteiger partial charge in [0.1, 0.15) is 10.6 Å². The second-order valence-electron chi connectivity index (χ2n) is 5.99. The van der Waals surface area contributed by atoms with Crippen molar-refractivity contribution in [1.82, 2.24) is 4.37 Å². The molecular formula is C18H22N4O4S. The highest BCUT2D eigenvalue weighted by atomic mass is 32.1. The number of hydrogen-bond donors (Lipinski definition) is 2. The molecule has 1 fully saturated rings. The fourth-order valence-corrected chi connectivity index (χ4v) is 3.49. The molecule has 1 amide bonds. The van der Waals surface area contributed by atoms with Crippen LogP contribution in [0.5, 0.6) is 0 Å². The zero-order chi connectivity index (χ0) is 19.2. The smallest absolute Gasteiger partial charge is 0.343 e. The van der Waals surface area contributed by atoms with E-state index in [4.69, 9.17) is 9.47 Å². The van der Waals surface area contributed by atoms with Crippen LogP contribution in [0.1, 0.15) is 16.1 Å². The number of esters is 1. The van der Waals surface area contributed by atoms with Crippen molar-refractivity contribution in [3.05, 3.63) is 35.5 Å². The van der Waals surface area contributed by atoms with Gasteiger partial charge in [-0.3, -0.25) is 4.79 Å². The molecule has 0 aliphatic carbocycles. The Morgan fingerprint density at radius 2 is 1.96 bits per heavy atom. The molecule has 144 valence electrons. The van der Waals surface area contributed by atoms with Crippen molar-refractivity contribution in [2.45, 2.75) is 6.92 Å². The second kappa shape index (κ2) is 8.83. The number of nitrogens with zero attached hydrogens (tertiary/aromatic N) is 2. The first-order valence-electron chi connectivity index (χ1n) is 8.62. The van der Waals surface area contributed by atoms with Gasteiger partial charge in [-0.05, 0) is 42.7 Å². The standard InChI is InChI=1S/C18H22N4O4S/c1-12-16(17(19-2)27-21-12)18(24)26-11-15(23)20-13-3-5-14(6-4-13)22-7-9-25-10-8-22/h3-6,19H,7-11H2,1-2H3,(H,20,23). The summed E-state index contributed by atoms with van der Waals surface area (Å²) in [5.41, 5.74) is 2.68. The van der Waals surface area contributed by atoms with Gasteiger partial charge in [0, 0.05) is 31.5 Å². The highest BCUT2D eigenvalue weighted by Crippen LogP contribution is 2.24. The molecule has 2 aromatic rings. The highest BCUT2D eigenvalue weighted by Gasteiger charge is 2.20. The third kappa shape index (κ3) is 4.75. The zero-order valence-electron chi connectivity index (χ0n) is 15.3. The fourth-order valence-electron chi connectivity index (χ4n) is 2.76. The van der Waals surface area contributed by atoms with E-state index in [1.807, 2.05) is 24.3 Å². The average Bonchev–Trinajstić information content (AvgIpc) is 3.08. The third-order valence-electron chi connectivity index (χ3n) is 4.16. The van der Waals surface area contributed by atoms with Gasteiger partial charge < -0.3 is 25.0 Å². The number of nitrogens with one attached hydrogen (secondary N) is 2. The van der Waals surface area contributed by atoms with E-state index in [1.54, 1.807) is 14.0 Å². The van der Waals surface area contributed by atoms with Crippen molar-refractivity contribution in [1.29, 1.82) is 0 Å². The number of carbonyl (C=O) groups excluding carboxylic acids is 2. The minimum absolute atomic E-state index is 0.359. The summed E-state index contributed by atoms with van der Waals surface area (Å²) in [6.07, 6.45) is 0. The molecule has 1 aromatic carbocycles. The first-order valence-corrected chi connectivity index (χ1v) is 9.39. The summed E-state index contributed by atoms with van der Waals surface area (Å²) in [6.45, 7) is 4.52. The molecule has 2 heterocycles. The monoisotopic (exact) mass is 390 g/mol. The van der Waals surface area contributed by atoms with Crippen LogP contribution in [0.4, 0.5) is 16.4 Å². The van der Waals surface area contributed by atoms with Gasteiger partial charge in [-0.2, -0.15) is 4.37 Å². The van der Waals surface area contributed by atoms with Crippen LogP contribution in [0.15, 0.2) is 24.3 Å². The van der Waals surface area contributed by atoms with E-state index in [-0.39, 0.29) is 6.61 Å². The van der Waals surface area contributed by atoms with Gasteiger partial charge in [-0.25, -0.2) is 4.79 Å². The van der Waals surface area contributed by atoms with Crippen LogP contribution >= 0.6 is 11.5 Å². The summed E-state index contributed by atoms with van der Waals surface area (Å²) < 4.78 is 14.6. The molecule has 1 aliphatic rings. The van der Waals surface area contributed by atoms with E-state index in [0.29, 0.717) is 21.9 Å². The molecule has 8 nitrogen and oxygen atoms in total. The zero-order valence-corrected chi connectivity index (χ0v) is 16.1. The molecular weight excluding hydrogens is 368 g/mol. The summed E-state index contributed by atoms with van der Waals surface area (Å²) in [6, 6.07) is 7.56. The number of ether oxygens (including phenoxy) is 2. The SMILES string of the molecule is CNc1snc(C)c1C(=O)OCC(=O)Nc1ccc(N2CCOCC2)cc1. The number of amides is 1. The van der Waals surface area contributed by atoms with E-state index >= 15 is 0 Å². The third-order valence-corrected chi connectivity index (χ3v) is 5.11. The van der Waals surface area contributed by atoms with Gasteiger partial charge >= 0.3 is 5.97 Å². The highest BCUT2D eigenvalue weighted by molar-refractivity contribution is 7.10. The summed E-state index contributed by atoms with van der Waals surface area (Å²) >= 11 is 1.18. The van der Waals surface area contributed by atoms with E-state index in [0.717, 1.165) is 32.0 Å². The Kier molecular flexibility index (Phi) is 6.25. The van der Waals surface area contributed by atoms with Crippen molar-refractivity contribution in [3.8, 4) is 0 Å². The number of anilines is 3. The Balaban J connectivity index is 1.51. The molecule has 9 heteroatoms. The van der Waals surface area contributed by atoms with E-state index in [2.05, 4.69) is 19.9 Å². The molecule has 0 saturated carbocycles. The predicted octanol–water partition coefficient (Wildman–Crippen LogP) is 2.13. The van der Waals surface area contributed by atoms with Crippen molar-refractivity contribution in [2.75, 3.05) is 55.5 Å². The minimum atomic E-state index is -0.566. The Labute approximate surface area is 161 Å². The largest absolute Gasteiger partial charge is 0.452 e. The first kappa shape index (κ1) is 19.1.